The minimum Gasteiger partial charge on any atom is -0.348 e. The molecule has 0 aliphatic heterocycles. The molecule has 0 unspecified atom stereocenters. The summed E-state index contributed by atoms with van der Waals surface area (Å²) in [6.07, 6.45) is 6.03. The predicted octanol–water partition coefficient (Wildman–Crippen LogP) is 2.19. The van der Waals surface area contributed by atoms with Crippen molar-refractivity contribution in [1.82, 2.24) is 19.4 Å². The molecule has 1 N–H and O–H groups in total. The van der Waals surface area contributed by atoms with Crippen LogP contribution in [0.5, 0.6) is 0 Å². The summed E-state index contributed by atoms with van der Waals surface area (Å²) < 4.78 is 4.48. The molecule has 0 fully saturated rings. The highest BCUT2D eigenvalue weighted by molar-refractivity contribution is 5.07. The number of aryl methyl sites for hydroxylation is 3. The highest BCUT2D eigenvalue weighted by Crippen LogP contribution is 2.04. The molecule has 0 atom stereocenters. The molecule has 0 amide bonds. The van der Waals surface area contributed by atoms with Gasteiger partial charge in [0, 0.05) is 50.0 Å². The van der Waals surface area contributed by atoms with Crippen LogP contribution in [-0.2, 0) is 19.6 Å². The van der Waals surface area contributed by atoms with Gasteiger partial charge in [-0.15, -0.1) is 0 Å². The lowest BCUT2D eigenvalue weighted by atomic mass is 10.3. The van der Waals surface area contributed by atoms with Gasteiger partial charge >= 0.3 is 0 Å². The monoisotopic (exact) mass is 246 g/mol. The molecule has 2 aromatic rings. The van der Waals surface area contributed by atoms with Crippen molar-refractivity contribution in [1.29, 1.82) is 0 Å². The first-order chi connectivity index (χ1) is 8.66. The van der Waals surface area contributed by atoms with Crippen LogP contribution in [-0.4, -0.2) is 20.2 Å². The van der Waals surface area contributed by atoms with Crippen molar-refractivity contribution < 1.29 is 0 Å². The number of rotatable bonds is 6. The summed E-state index contributed by atoms with van der Waals surface area (Å²) >= 11 is 0. The van der Waals surface area contributed by atoms with Gasteiger partial charge in [-0.05, 0) is 19.1 Å². The third kappa shape index (κ3) is 3.23. The van der Waals surface area contributed by atoms with E-state index in [2.05, 4.69) is 51.6 Å². The zero-order chi connectivity index (χ0) is 13.0. The predicted molar refractivity (Wildman–Crippen MR) is 73.4 cm³/mol. The van der Waals surface area contributed by atoms with E-state index in [9.17, 15) is 0 Å². The summed E-state index contributed by atoms with van der Waals surface area (Å²) in [6.45, 7) is 9.25. The first kappa shape index (κ1) is 12.9. The molecule has 18 heavy (non-hydrogen) atoms. The van der Waals surface area contributed by atoms with Crippen molar-refractivity contribution in [3.05, 3.63) is 42.2 Å². The van der Waals surface area contributed by atoms with E-state index in [4.69, 9.17) is 0 Å². The Morgan fingerprint density at radius 3 is 2.67 bits per heavy atom. The van der Waals surface area contributed by atoms with E-state index in [0.717, 1.165) is 25.5 Å². The summed E-state index contributed by atoms with van der Waals surface area (Å²) in [7, 11) is 0. The van der Waals surface area contributed by atoms with Crippen LogP contribution >= 0.6 is 0 Å². The average Bonchev–Trinajstić information content (AvgIpc) is 2.92. The molecule has 0 aromatic carbocycles. The van der Waals surface area contributed by atoms with Crippen LogP contribution in [0.4, 0.5) is 0 Å². The van der Waals surface area contributed by atoms with E-state index in [0.29, 0.717) is 6.04 Å². The molecule has 0 saturated carbocycles. The van der Waals surface area contributed by atoms with Crippen LogP contribution in [0, 0.1) is 6.92 Å². The lowest BCUT2D eigenvalue weighted by Gasteiger charge is -2.13. The largest absolute Gasteiger partial charge is 0.348 e. The summed E-state index contributed by atoms with van der Waals surface area (Å²) in [5.41, 5.74) is 1.33. The zero-order valence-electron chi connectivity index (χ0n) is 11.4. The minimum absolute atomic E-state index is 0.518. The molecule has 4 heteroatoms. The Morgan fingerprint density at radius 2 is 2.00 bits per heavy atom. The SMILES string of the molecule is Cc1nccn1CCn1cccc1CNC(C)C. The van der Waals surface area contributed by atoms with Gasteiger partial charge in [0.1, 0.15) is 5.82 Å². The van der Waals surface area contributed by atoms with Gasteiger partial charge in [-0.3, -0.25) is 0 Å². The van der Waals surface area contributed by atoms with Gasteiger partial charge in [0.15, 0.2) is 0 Å². The Kier molecular flexibility index (Phi) is 4.20. The molecular weight excluding hydrogens is 224 g/mol. The second kappa shape index (κ2) is 5.87. The first-order valence-electron chi connectivity index (χ1n) is 6.52. The van der Waals surface area contributed by atoms with Gasteiger partial charge in [-0.2, -0.15) is 0 Å². The quantitative estimate of drug-likeness (QED) is 0.848. The van der Waals surface area contributed by atoms with E-state index in [-0.39, 0.29) is 0 Å². The van der Waals surface area contributed by atoms with Gasteiger partial charge in [-0.25, -0.2) is 4.98 Å². The maximum Gasteiger partial charge on any atom is 0.105 e. The maximum absolute atomic E-state index is 4.24. The maximum atomic E-state index is 4.24. The Hall–Kier alpha value is -1.55. The second-order valence-electron chi connectivity index (χ2n) is 4.90. The molecule has 0 aliphatic rings. The number of hydrogen-bond donors (Lipinski definition) is 1. The lowest BCUT2D eigenvalue weighted by molar-refractivity contribution is 0.523. The van der Waals surface area contributed by atoms with Crippen LogP contribution in [0.15, 0.2) is 30.7 Å². The topological polar surface area (TPSA) is 34.8 Å². The fourth-order valence-electron chi connectivity index (χ4n) is 1.99. The van der Waals surface area contributed by atoms with Gasteiger partial charge in [-0.1, -0.05) is 13.8 Å². The Labute approximate surface area is 109 Å². The lowest BCUT2D eigenvalue weighted by Crippen LogP contribution is -2.23. The third-order valence-corrected chi connectivity index (χ3v) is 3.12. The molecule has 2 aromatic heterocycles. The molecule has 2 heterocycles. The Morgan fingerprint density at radius 1 is 1.22 bits per heavy atom. The number of imidazole rings is 1. The van der Waals surface area contributed by atoms with E-state index in [1.165, 1.54) is 5.69 Å². The summed E-state index contributed by atoms with van der Waals surface area (Å²) in [5.74, 6) is 1.07. The summed E-state index contributed by atoms with van der Waals surface area (Å²) in [4.78, 5) is 4.24. The van der Waals surface area contributed by atoms with Crippen LogP contribution in [0.25, 0.3) is 0 Å². The van der Waals surface area contributed by atoms with E-state index < -0.39 is 0 Å². The molecule has 0 bridgehead atoms. The highest BCUT2D eigenvalue weighted by atomic mass is 15.1. The number of nitrogens with zero attached hydrogens (tertiary/aromatic N) is 3. The van der Waals surface area contributed by atoms with Crippen LogP contribution in [0.2, 0.25) is 0 Å². The number of nitrogens with one attached hydrogen (secondary N) is 1. The van der Waals surface area contributed by atoms with Crippen molar-refractivity contribution in [2.45, 2.75) is 46.4 Å². The average molecular weight is 246 g/mol. The third-order valence-electron chi connectivity index (χ3n) is 3.12. The van der Waals surface area contributed by atoms with E-state index in [1.807, 2.05) is 19.3 Å². The first-order valence-corrected chi connectivity index (χ1v) is 6.52. The van der Waals surface area contributed by atoms with Crippen molar-refractivity contribution in [2.24, 2.45) is 0 Å². The number of aromatic nitrogens is 3. The van der Waals surface area contributed by atoms with Crippen molar-refractivity contribution in [3.8, 4) is 0 Å². The smallest absolute Gasteiger partial charge is 0.105 e. The summed E-state index contributed by atoms with van der Waals surface area (Å²) in [6, 6.07) is 4.80. The zero-order valence-corrected chi connectivity index (χ0v) is 11.4. The van der Waals surface area contributed by atoms with E-state index >= 15 is 0 Å². The molecule has 0 aliphatic carbocycles. The molecule has 2 rings (SSSR count). The Bertz CT molecular complexity index is 481. The van der Waals surface area contributed by atoms with Gasteiger partial charge in [0.25, 0.3) is 0 Å². The molecule has 98 valence electrons. The molecular formula is C14H22N4. The van der Waals surface area contributed by atoms with Gasteiger partial charge in [0.2, 0.25) is 0 Å². The molecule has 0 saturated heterocycles. The normalized spacial score (nSPS) is 11.3. The van der Waals surface area contributed by atoms with Crippen molar-refractivity contribution in [3.63, 3.8) is 0 Å². The summed E-state index contributed by atoms with van der Waals surface area (Å²) in [5, 5.41) is 3.45. The standard InChI is InChI=1S/C14H22N4/c1-12(2)16-11-14-5-4-7-18(14)10-9-17-8-6-15-13(17)3/h4-8,12,16H,9-11H2,1-3H3. The number of hydrogen-bond acceptors (Lipinski definition) is 2. The highest BCUT2D eigenvalue weighted by Gasteiger charge is 2.03. The minimum atomic E-state index is 0.518. The molecule has 4 nitrogen and oxygen atoms in total. The molecule has 0 radical (unpaired) electrons. The molecule has 0 spiro atoms. The fourth-order valence-corrected chi connectivity index (χ4v) is 1.99. The van der Waals surface area contributed by atoms with Gasteiger partial charge < -0.3 is 14.5 Å². The van der Waals surface area contributed by atoms with Crippen molar-refractivity contribution in [2.75, 3.05) is 0 Å². The second-order valence-corrected chi connectivity index (χ2v) is 4.90. The van der Waals surface area contributed by atoms with Gasteiger partial charge in [0.05, 0.1) is 0 Å². The van der Waals surface area contributed by atoms with E-state index in [1.54, 1.807) is 0 Å². The van der Waals surface area contributed by atoms with Crippen LogP contribution < -0.4 is 5.32 Å². The van der Waals surface area contributed by atoms with Crippen LogP contribution in [0.3, 0.4) is 0 Å². The Balaban J connectivity index is 1.93. The fraction of sp³-hybridized carbons (Fsp3) is 0.500. The van der Waals surface area contributed by atoms with Crippen LogP contribution in [0.1, 0.15) is 25.4 Å². The van der Waals surface area contributed by atoms with Crippen molar-refractivity contribution >= 4 is 0 Å².